The zero-order valence-corrected chi connectivity index (χ0v) is 10.2. The molecule has 0 atom stereocenters. The average Bonchev–Trinajstić information content (AvgIpc) is 2.18. The molecule has 0 spiro atoms. The number of hydrogen-bond acceptors (Lipinski definition) is 3. The Balaban J connectivity index is 1.51. The Hall–Kier alpha value is -0.120. The van der Waals surface area contributed by atoms with E-state index in [0.717, 1.165) is 12.0 Å². The third-order valence-electron chi connectivity index (χ3n) is 3.83. The van der Waals surface area contributed by atoms with Crippen molar-refractivity contribution in [3.05, 3.63) is 0 Å². The molecule has 1 N–H and O–H groups in total. The molecule has 1 aliphatic carbocycles. The highest BCUT2D eigenvalue weighted by Crippen LogP contribution is 2.25. The van der Waals surface area contributed by atoms with E-state index < -0.39 is 0 Å². The number of hydrogen-bond donors (Lipinski definition) is 1. The van der Waals surface area contributed by atoms with E-state index in [-0.39, 0.29) is 0 Å². The number of likely N-dealkylation sites (N-methyl/N-ethyl adjacent to an activating group) is 1. The first-order valence-corrected chi connectivity index (χ1v) is 6.38. The Morgan fingerprint density at radius 3 is 2.40 bits per heavy atom. The van der Waals surface area contributed by atoms with E-state index >= 15 is 0 Å². The molecule has 15 heavy (non-hydrogen) atoms. The van der Waals surface area contributed by atoms with Crippen LogP contribution in [0.5, 0.6) is 0 Å². The normalized spacial score (nSPS) is 34.0. The monoisotopic (exact) mass is 211 g/mol. The number of piperazine rings is 1. The lowest BCUT2D eigenvalue weighted by atomic mass is 9.82. The molecule has 0 amide bonds. The van der Waals surface area contributed by atoms with Gasteiger partial charge in [0.1, 0.15) is 0 Å². The van der Waals surface area contributed by atoms with Gasteiger partial charge < -0.3 is 10.2 Å². The third kappa shape index (κ3) is 3.44. The van der Waals surface area contributed by atoms with Crippen molar-refractivity contribution in [3.8, 4) is 0 Å². The topological polar surface area (TPSA) is 18.5 Å². The molecular weight excluding hydrogens is 186 g/mol. The van der Waals surface area contributed by atoms with Gasteiger partial charge in [0.15, 0.2) is 0 Å². The summed E-state index contributed by atoms with van der Waals surface area (Å²) >= 11 is 0. The predicted octanol–water partition coefficient (Wildman–Crippen LogP) is 0.622. The second-order valence-corrected chi connectivity index (χ2v) is 5.37. The van der Waals surface area contributed by atoms with Crippen LogP contribution in [-0.4, -0.2) is 62.2 Å². The highest BCUT2D eigenvalue weighted by Gasteiger charge is 2.24. The molecule has 1 saturated heterocycles. The number of rotatable bonds is 4. The van der Waals surface area contributed by atoms with Gasteiger partial charge in [-0.2, -0.15) is 0 Å². The van der Waals surface area contributed by atoms with Crippen molar-refractivity contribution in [2.45, 2.75) is 25.8 Å². The maximum atomic E-state index is 3.65. The van der Waals surface area contributed by atoms with E-state index in [2.05, 4.69) is 29.1 Å². The molecule has 0 aromatic heterocycles. The lowest BCUT2D eigenvalue weighted by Gasteiger charge is -2.36. The molecule has 0 aromatic carbocycles. The Morgan fingerprint density at radius 2 is 1.80 bits per heavy atom. The molecule has 2 aliphatic rings. The van der Waals surface area contributed by atoms with E-state index in [9.17, 15) is 0 Å². The van der Waals surface area contributed by atoms with Crippen molar-refractivity contribution in [2.75, 3.05) is 46.3 Å². The maximum absolute atomic E-state index is 3.65. The minimum Gasteiger partial charge on any atom is -0.313 e. The molecular formula is C12H25N3. The van der Waals surface area contributed by atoms with Crippen LogP contribution in [0, 0.1) is 5.92 Å². The Morgan fingerprint density at radius 1 is 1.13 bits per heavy atom. The van der Waals surface area contributed by atoms with E-state index in [1.165, 1.54) is 52.1 Å². The average molecular weight is 211 g/mol. The quantitative estimate of drug-likeness (QED) is 0.735. The van der Waals surface area contributed by atoms with Crippen LogP contribution < -0.4 is 5.32 Å². The first-order valence-electron chi connectivity index (χ1n) is 6.38. The Bertz CT molecular complexity index is 181. The van der Waals surface area contributed by atoms with Crippen LogP contribution in [0.15, 0.2) is 0 Å². The van der Waals surface area contributed by atoms with Gasteiger partial charge >= 0.3 is 0 Å². The van der Waals surface area contributed by atoms with Crippen LogP contribution in [0.25, 0.3) is 0 Å². The van der Waals surface area contributed by atoms with Crippen molar-refractivity contribution < 1.29 is 0 Å². The van der Waals surface area contributed by atoms with Crippen LogP contribution in [0.2, 0.25) is 0 Å². The Kier molecular flexibility index (Phi) is 4.00. The summed E-state index contributed by atoms with van der Waals surface area (Å²) in [6, 6.07) is 0.826. The SMILES string of the molecule is CC1CC(NCCN2CCN(C)CC2)C1. The fourth-order valence-electron chi connectivity index (χ4n) is 2.57. The van der Waals surface area contributed by atoms with Crippen LogP contribution in [-0.2, 0) is 0 Å². The van der Waals surface area contributed by atoms with Gasteiger partial charge in [-0.25, -0.2) is 0 Å². The highest BCUT2D eigenvalue weighted by atomic mass is 15.2. The minimum absolute atomic E-state index is 0.826. The van der Waals surface area contributed by atoms with Gasteiger partial charge in [0.2, 0.25) is 0 Å². The standard InChI is InChI=1S/C12H25N3/c1-11-9-12(10-11)13-3-4-15-7-5-14(2)6-8-15/h11-13H,3-10H2,1-2H3. The zero-order chi connectivity index (χ0) is 10.7. The highest BCUT2D eigenvalue weighted by molar-refractivity contribution is 4.82. The maximum Gasteiger partial charge on any atom is 0.0110 e. The summed E-state index contributed by atoms with van der Waals surface area (Å²) < 4.78 is 0. The molecule has 1 heterocycles. The van der Waals surface area contributed by atoms with Gasteiger partial charge in [-0.3, -0.25) is 4.90 Å². The lowest BCUT2D eigenvalue weighted by Crippen LogP contribution is -2.48. The third-order valence-corrected chi connectivity index (χ3v) is 3.83. The van der Waals surface area contributed by atoms with E-state index in [4.69, 9.17) is 0 Å². The lowest BCUT2D eigenvalue weighted by molar-refractivity contribution is 0.148. The van der Waals surface area contributed by atoms with Gasteiger partial charge in [0, 0.05) is 45.3 Å². The molecule has 2 fully saturated rings. The molecule has 2 rings (SSSR count). The fourth-order valence-corrected chi connectivity index (χ4v) is 2.57. The summed E-state index contributed by atoms with van der Waals surface area (Å²) in [7, 11) is 2.21. The fraction of sp³-hybridized carbons (Fsp3) is 1.00. The van der Waals surface area contributed by atoms with Crippen LogP contribution in [0.3, 0.4) is 0 Å². The summed E-state index contributed by atoms with van der Waals surface area (Å²) in [5.74, 6) is 0.964. The minimum atomic E-state index is 0.826. The van der Waals surface area contributed by atoms with Gasteiger partial charge in [-0.15, -0.1) is 0 Å². The first-order chi connectivity index (χ1) is 7.24. The van der Waals surface area contributed by atoms with E-state index in [1.807, 2.05) is 0 Å². The van der Waals surface area contributed by atoms with Gasteiger partial charge in [0.25, 0.3) is 0 Å². The summed E-state index contributed by atoms with van der Waals surface area (Å²) in [6.07, 6.45) is 2.78. The van der Waals surface area contributed by atoms with Crippen molar-refractivity contribution in [2.24, 2.45) is 5.92 Å². The smallest absolute Gasteiger partial charge is 0.0110 e. The summed E-state index contributed by atoms with van der Waals surface area (Å²) in [5, 5.41) is 3.65. The molecule has 1 saturated carbocycles. The van der Waals surface area contributed by atoms with Crippen molar-refractivity contribution in [1.82, 2.24) is 15.1 Å². The molecule has 1 aliphatic heterocycles. The van der Waals surface area contributed by atoms with Gasteiger partial charge in [0.05, 0.1) is 0 Å². The second kappa shape index (κ2) is 5.28. The van der Waals surface area contributed by atoms with Crippen LogP contribution in [0.1, 0.15) is 19.8 Å². The van der Waals surface area contributed by atoms with E-state index in [0.29, 0.717) is 0 Å². The molecule has 0 aromatic rings. The van der Waals surface area contributed by atoms with Crippen molar-refractivity contribution in [3.63, 3.8) is 0 Å². The van der Waals surface area contributed by atoms with Crippen molar-refractivity contribution in [1.29, 1.82) is 0 Å². The van der Waals surface area contributed by atoms with Gasteiger partial charge in [-0.05, 0) is 25.8 Å². The number of nitrogens with zero attached hydrogens (tertiary/aromatic N) is 2. The molecule has 0 bridgehead atoms. The summed E-state index contributed by atoms with van der Waals surface area (Å²) in [4.78, 5) is 4.99. The molecule has 88 valence electrons. The molecule has 3 heteroatoms. The van der Waals surface area contributed by atoms with Gasteiger partial charge in [-0.1, -0.05) is 6.92 Å². The Labute approximate surface area is 93.8 Å². The molecule has 0 unspecified atom stereocenters. The summed E-state index contributed by atoms with van der Waals surface area (Å²) in [6.45, 7) is 9.73. The predicted molar refractivity (Wildman–Crippen MR) is 64.1 cm³/mol. The zero-order valence-electron chi connectivity index (χ0n) is 10.2. The summed E-state index contributed by atoms with van der Waals surface area (Å²) in [5.41, 5.74) is 0. The first kappa shape index (κ1) is 11.4. The van der Waals surface area contributed by atoms with E-state index in [1.54, 1.807) is 0 Å². The largest absolute Gasteiger partial charge is 0.313 e. The van der Waals surface area contributed by atoms with Crippen LogP contribution >= 0.6 is 0 Å². The van der Waals surface area contributed by atoms with Crippen LogP contribution in [0.4, 0.5) is 0 Å². The van der Waals surface area contributed by atoms with Crippen molar-refractivity contribution >= 4 is 0 Å². The second-order valence-electron chi connectivity index (χ2n) is 5.37. The molecule has 3 nitrogen and oxygen atoms in total. The number of nitrogens with one attached hydrogen (secondary N) is 1. The molecule has 0 radical (unpaired) electrons.